The summed E-state index contributed by atoms with van der Waals surface area (Å²) in [4.78, 5) is 8.25. The van der Waals surface area contributed by atoms with Gasteiger partial charge in [-0.05, 0) is 13.0 Å². The molecule has 0 bridgehead atoms. The third kappa shape index (κ3) is 5.02. The van der Waals surface area contributed by atoms with E-state index < -0.39 is 10.0 Å². The average Bonchev–Trinajstić information content (AvgIpc) is 2.14. The van der Waals surface area contributed by atoms with Gasteiger partial charge in [-0.25, -0.2) is 23.5 Å². The van der Waals surface area contributed by atoms with E-state index in [1.54, 1.807) is 13.0 Å². The van der Waals surface area contributed by atoms with Crippen molar-refractivity contribution in [3.63, 3.8) is 0 Å². The summed E-state index contributed by atoms with van der Waals surface area (Å²) in [5.41, 5.74) is 6.56. The van der Waals surface area contributed by atoms with E-state index in [0.717, 1.165) is 0 Å². The van der Waals surface area contributed by atoms with Gasteiger partial charge >= 0.3 is 0 Å². The van der Waals surface area contributed by atoms with Crippen LogP contribution in [0.25, 0.3) is 0 Å². The monoisotopic (exact) mass is 275 g/mol. The van der Waals surface area contributed by atoms with Crippen molar-refractivity contribution in [2.75, 3.05) is 17.6 Å². The summed E-state index contributed by atoms with van der Waals surface area (Å²) in [6.07, 6.45) is 0. The SMILES string of the molecule is Cc1cc(C(N)=S)nc(NCCS(N)(=O)=O)n1. The number of rotatable bonds is 5. The number of nitrogens with one attached hydrogen (secondary N) is 1. The quantitative estimate of drug-likeness (QED) is 0.596. The second-order valence-electron chi connectivity index (χ2n) is 3.38. The molecule has 1 heterocycles. The van der Waals surface area contributed by atoms with Crippen molar-refractivity contribution in [3.05, 3.63) is 17.5 Å². The average molecular weight is 275 g/mol. The predicted molar refractivity (Wildman–Crippen MR) is 69.1 cm³/mol. The van der Waals surface area contributed by atoms with Gasteiger partial charge in [-0.3, -0.25) is 0 Å². The van der Waals surface area contributed by atoms with E-state index in [2.05, 4.69) is 15.3 Å². The first-order valence-electron chi connectivity index (χ1n) is 4.68. The number of hydrogen-bond acceptors (Lipinski definition) is 6. The maximum atomic E-state index is 10.7. The Labute approximate surface area is 105 Å². The fourth-order valence-corrected chi connectivity index (χ4v) is 1.57. The van der Waals surface area contributed by atoms with Gasteiger partial charge in [0.1, 0.15) is 10.7 Å². The molecule has 0 aliphatic rings. The van der Waals surface area contributed by atoms with Gasteiger partial charge in [-0.1, -0.05) is 12.2 Å². The first-order valence-corrected chi connectivity index (χ1v) is 6.80. The second kappa shape index (κ2) is 5.34. The highest BCUT2D eigenvalue weighted by Crippen LogP contribution is 2.04. The molecule has 0 amide bonds. The first kappa shape index (κ1) is 13.7. The smallest absolute Gasteiger partial charge is 0.223 e. The van der Waals surface area contributed by atoms with Crippen molar-refractivity contribution in [1.29, 1.82) is 0 Å². The highest BCUT2D eigenvalue weighted by atomic mass is 32.2. The van der Waals surface area contributed by atoms with Gasteiger partial charge in [-0.2, -0.15) is 0 Å². The summed E-state index contributed by atoms with van der Waals surface area (Å²) in [5, 5.41) is 7.60. The first-order chi connectivity index (χ1) is 7.78. The van der Waals surface area contributed by atoms with Crippen molar-refractivity contribution in [1.82, 2.24) is 9.97 Å². The van der Waals surface area contributed by atoms with Gasteiger partial charge in [0.05, 0.1) is 5.75 Å². The Morgan fingerprint density at radius 1 is 1.53 bits per heavy atom. The van der Waals surface area contributed by atoms with Crippen molar-refractivity contribution in [2.24, 2.45) is 10.9 Å². The zero-order valence-corrected chi connectivity index (χ0v) is 10.8. The highest BCUT2D eigenvalue weighted by Gasteiger charge is 2.06. The molecule has 1 aromatic rings. The Kier molecular flexibility index (Phi) is 4.32. The van der Waals surface area contributed by atoms with E-state index in [9.17, 15) is 8.42 Å². The molecule has 94 valence electrons. The molecule has 17 heavy (non-hydrogen) atoms. The van der Waals surface area contributed by atoms with Crippen LogP contribution in [-0.4, -0.2) is 35.7 Å². The third-order valence-corrected chi connectivity index (χ3v) is 2.76. The lowest BCUT2D eigenvalue weighted by Crippen LogP contribution is -2.23. The standard InChI is InChI=1S/C8H13N5O2S2/c1-5-4-6(7(9)16)13-8(12-5)11-2-3-17(10,14)15/h4H,2-3H2,1H3,(H2,9,16)(H2,10,14,15)(H,11,12,13). The number of anilines is 1. The van der Waals surface area contributed by atoms with Crippen LogP contribution in [0.3, 0.4) is 0 Å². The van der Waals surface area contributed by atoms with Crippen LogP contribution in [0.1, 0.15) is 11.4 Å². The van der Waals surface area contributed by atoms with Crippen LogP contribution in [0, 0.1) is 6.92 Å². The van der Waals surface area contributed by atoms with Gasteiger partial charge in [-0.15, -0.1) is 0 Å². The van der Waals surface area contributed by atoms with Crippen LogP contribution in [0.15, 0.2) is 6.07 Å². The number of aryl methyl sites for hydroxylation is 1. The minimum atomic E-state index is -3.50. The largest absolute Gasteiger partial charge is 0.388 e. The van der Waals surface area contributed by atoms with Gasteiger partial charge < -0.3 is 11.1 Å². The number of hydrogen-bond donors (Lipinski definition) is 3. The van der Waals surface area contributed by atoms with Crippen molar-refractivity contribution in [2.45, 2.75) is 6.92 Å². The summed E-state index contributed by atoms with van der Waals surface area (Å²) < 4.78 is 21.4. The fourth-order valence-electron chi connectivity index (χ4n) is 1.08. The summed E-state index contributed by atoms with van der Waals surface area (Å²) in [6, 6.07) is 1.65. The summed E-state index contributed by atoms with van der Waals surface area (Å²) in [7, 11) is -3.50. The molecule has 9 heteroatoms. The van der Waals surface area contributed by atoms with Crippen LogP contribution < -0.4 is 16.2 Å². The van der Waals surface area contributed by atoms with Crippen LogP contribution in [-0.2, 0) is 10.0 Å². The molecule has 0 aliphatic heterocycles. The molecule has 7 nitrogen and oxygen atoms in total. The lowest BCUT2D eigenvalue weighted by atomic mass is 10.3. The molecule has 0 saturated carbocycles. The second-order valence-corrected chi connectivity index (χ2v) is 5.55. The van der Waals surface area contributed by atoms with Gasteiger partial charge in [0, 0.05) is 12.2 Å². The van der Waals surface area contributed by atoms with Crippen molar-refractivity contribution >= 4 is 33.2 Å². The molecule has 0 unspecified atom stereocenters. The Bertz CT molecular complexity index is 529. The zero-order chi connectivity index (χ0) is 13.1. The minimum absolute atomic E-state index is 0.124. The van der Waals surface area contributed by atoms with Crippen molar-refractivity contribution < 1.29 is 8.42 Å². The van der Waals surface area contributed by atoms with E-state index in [1.807, 2.05) is 0 Å². The molecule has 0 aromatic carbocycles. The molecular weight excluding hydrogens is 262 g/mol. The molecule has 0 fully saturated rings. The van der Waals surface area contributed by atoms with Crippen LogP contribution in [0.2, 0.25) is 0 Å². The van der Waals surface area contributed by atoms with E-state index in [1.165, 1.54) is 0 Å². The maximum absolute atomic E-state index is 10.7. The predicted octanol–water partition coefficient (Wildman–Crippen LogP) is -0.880. The normalized spacial score (nSPS) is 11.2. The molecule has 1 rings (SSSR count). The molecule has 1 aromatic heterocycles. The molecule has 0 saturated heterocycles. The maximum Gasteiger partial charge on any atom is 0.223 e. The Hall–Kier alpha value is -1.32. The number of sulfonamides is 1. The molecule has 0 spiro atoms. The minimum Gasteiger partial charge on any atom is -0.388 e. The van der Waals surface area contributed by atoms with E-state index >= 15 is 0 Å². The van der Waals surface area contributed by atoms with E-state index in [4.69, 9.17) is 23.1 Å². The molecule has 0 aliphatic carbocycles. The lowest BCUT2D eigenvalue weighted by Gasteiger charge is -2.06. The number of nitrogens with zero attached hydrogens (tertiary/aromatic N) is 2. The van der Waals surface area contributed by atoms with Gasteiger partial charge in [0.15, 0.2) is 0 Å². The molecule has 0 radical (unpaired) electrons. The lowest BCUT2D eigenvalue weighted by molar-refractivity contribution is 0.598. The fraction of sp³-hybridized carbons (Fsp3) is 0.375. The third-order valence-electron chi connectivity index (χ3n) is 1.78. The molecule has 5 N–H and O–H groups in total. The van der Waals surface area contributed by atoms with E-state index in [-0.39, 0.29) is 23.2 Å². The topological polar surface area (TPSA) is 124 Å². The Morgan fingerprint density at radius 2 is 2.18 bits per heavy atom. The zero-order valence-electron chi connectivity index (χ0n) is 9.17. The molecule has 0 atom stereocenters. The van der Waals surface area contributed by atoms with Crippen LogP contribution in [0.5, 0.6) is 0 Å². The van der Waals surface area contributed by atoms with Gasteiger partial charge in [0.25, 0.3) is 0 Å². The van der Waals surface area contributed by atoms with Crippen LogP contribution in [0.4, 0.5) is 5.95 Å². The van der Waals surface area contributed by atoms with Crippen molar-refractivity contribution in [3.8, 4) is 0 Å². The van der Waals surface area contributed by atoms with Gasteiger partial charge in [0.2, 0.25) is 16.0 Å². The Morgan fingerprint density at radius 3 is 2.71 bits per heavy atom. The summed E-state index contributed by atoms with van der Waals surface area (Å²) >= 11 is 4.80. The van der Waals surface area contributed by atoms with Crippen LogP contribution >= 0.6 is 12.2 Å². The Balaban J connectivity index is 2.75. The summed E-state index contributed by atoms with van der Waals surface area (Å²) in [5.74, 6) is 0.0728. The number of thiocarbonyl (C=S) groups is 1. The number of nitrogens with two attached hydrogens (primary N) is 2. The number of aromatic nitrogens is 2. The molecular formula is C8H13N5O2S2. The van der Waals surface area contributed by atoms with E-state index in [0.29, 0.717) is 11.4 Å². The number of primary sulfonamides is 1. The highest BCUT2D eigenvalue weighted by molar-refractivity contribution is 7.89. The summed E-state index contributed by atoms with van der Waals surface area (Å²) in [6.45, 7) is 1.88.